The van der Waals surface area contributed by atoms with Crippen LogP contribution in [0.3, 0.4) is 0 Å². The Labute approximate surface area is 144 Å². The first kappa shape index (κ1) is 16.3. The van der Waals surface area contributed by atoms with Gasteiger partial charge in [-0.15, -0.1) is 0 Å². The number of nitriles is 1. The summed E-state index contributed by atoms with van der Waals surface area (Å²) in [6, 6.07) is 12.6. The SMILES string of the molecule is CC(=O)C1C(=O)N(c2ncccn2)C(N)=C(C#N)C1c1ccccc1. The van der Waals surface area contributed by atoms with E-state index >= 15 is 0 Å². The monoisotopic (exact) mass is 333 g/mol. The molecule has 2 atom stereocenters. The van der Waals surface area contributed by atoms with Crippen molar-refractivity contribution in [2.75, 3.05) is 4.90 Å². The second-order valence-corrected chi connectivity index (χ2v) is 5.61. The molecule has 0 bridgehead atoms. The maximum Gasteiger partial charge on any atom is 0.246 e. The second kappa shape index (κ2) is 6.53. The Kier molecular flexibility index (Phi) is 4.27. The molecule has 25 heavy (non-hydrogen) atoms. The first-order chi connectivity index (χ1) is 12.1. The van der Waals surface area contributed by atoms with Crippen LogP contribution in [-0.4, -0.2) is 21.7 Å². The minimum Gasteiger partial charge on any atom is -0.384 e. The van der Waals surface area contributed by atoms with Crippen molar-refractivity contribution in [1.29, 1.82) is 5.26 Å². The van der Waals surface area contributed by atoms with E-state index < -0.39 is 17.7 Å². The number of carbonyl (C=O) groups excluding carboxylic acids is 2. The van der Waals surface area contributed by atoms with Crippen LogP contribution in [-0.2, 0) is 9.59 Å². The average Bonchev–Trinajstić information content (AvgIpc) is 2.62. The van der Waals surface area contributed by atoms with Gasteiger partial charge in [0.25, 0.3) is 0 Å². The molecule has 1 amide bonds. The Morgan fingerprint density at radius 2 is 1.84 bits per heavy atom. The second-order valence-electron chi connectivity index (χ2n) is 5.61. The van der Waals surface area contributed by atoms with E-state index in [0.717, 1.165) is 4.90 Å². The molecular formula is C18H15N5O2. The summed E-state index contributed by atoms with van der Waals surface area (Å²) in [5.74, 6) is -2.69. The number of hydrogen-bond acceptors (Lipinski definition) is 6. The molecular weight excluding hydrogens is 318 g/mol. The molecule has 2 heterocycles. The van der Waals surface area contributed by atoms with Crippen LogP contribution in [0.4, 0.5) is 5.95 Å². The zero-order chi connectivity index (χ0) is 18.0. The van der Waals surface area contributed by atoms with Crippen molar-refractivity contribution >= 4 is 17.6 Å². The van der Waals surface area contributed by atoms with Crippen molar-refractivity contribution < 1.29 is 9.59 Å². The molecule has 7 heteroatoms. The van der Waals surface area contributed by atoms with E-state index in [1.807, 2.05) is 6.07 Å². The number of nitrogens with zero attached hydrogens (tertiary/aromatic N) is 4. The molecule has 0 spiro atoms. The zero-order valence-corrected chi connectivity index (χ0v) is 13.5. The number of ketones is 1. The summed E-state index contributed by atoms with van der Waals surface area (Å²) in [7, 11) is 0. The number of Topliss-reactive ketones (excluding diaryl/α,β-unsaturated/α-hetero) is 1. The van der Waals surface area contributed by atoms with Gasteiger partial charge in [0, 0.05) is 18.3 Å². The lowest BCUT2D eigenvalue weighted by Gasteiger charge is -2.35. The standard InChI is InChI=1S/C18H15N5O2/c1-11(24)14-15(12-6-3-2-4-7-12)13(10-19)16(20)23(17(14)25)18-21-8-5-9-22-18/h2-9,14-15H,20H2,1H3. The highest BCUT2D eigenvalue weighted by molar-refractivity contribution is 6.11. The average molecular weight is 333 g/mol. The highest BCUT2D eigenvalue weighted by atomic mass is 16.2. The molecule has 1 aromatic heterocycles. The lowest BCUT2D eigenvalue weighted by atomic mass is 9.76. The smallest absolute Gasteiger partial charge is 0.246 e. The molecule has 2 unspecified atom stereocenters. The van der Waals surface area contributed by atoms with Gasteiger partial charge in [0.1, 0.15) is 17.5 Å². The maximum atomic E-state index is 13.0. The Morgan fingerprint density at radius 3 is 2.40 bits per heavy atom. The molecule has 1 aromatic carbocycles. The quantitative estimate of drug-likeness (QED) is 0.852. The molecule has 1 aliphatic rings. The summed E-state index contributed by atoms with van der Waals surface area (Å²) in [6.45, 7) is 1.33. The van der Waals surface area contributed by atoms with E-state index in [9.17, 15) is 14.9 Å². The molecule has 0 radical (unpaired) electrons. The van der Waals surface area contributed by atoms with E-state index in [1.165, 1.54) is 19.3 Å². The van der Waals surface area contributed by atoms with Gasteiger partial charge in [0.15, 0.2) is 0 Å². The van der Waals surface area contributed by atoms with E-state index in [2.05, 4.69) is 16.0 Å². The number of carbonyl (C=O) groups is 2. The summed E-state index contributed by atoms with van der Waals surface area (Å²) >= 11 is 0. The third-order valence-corrected chi connectivity index (χ3v) is 4.12. The van der Waals surface area contributed by atoms with Crippen molar-refractivity contribution in [3.63, 3.8) is 0 Å². The van der Waals surface area contributed by atoms with E-state index in [-0.39, 0.29) is 23.1 Å². The fourth-order valence-corrected chi connectivity index (χ4v) is 3.01. The van der Waals surface area contributed by atoms with Crippen molar-refractivity contribution in [3.05, 3.63) is 65.7 Å². The third kappa shape index (κ3) is 2.74. The lowest BCUT2D eigenvalue weighted by molar-refractivity contribution is -0.132. The predicted molar refractivity (Wildman–Crippen MR) is 89.7 cm³/mol. The van der Waals surface area contributed by atoms with E-state index in [4.69, 9.17) is 5.73 Å². The third-order valence-electron chi connectivity index (χ3n) is 4.12. The van der Waals surface area contributed by atoms with Gasteiger partial charge in [-0.3, -0.25) is 9.59 Å². The van der Waals surface area contributed by atoms with Crippen molar-refractivity contribution in [3.8, 4) is 6.07 Å². The molecule has 2 aromatic rings. The number of nitrogens with two attached hydrogens (primary N) is 1. The van der Waals surface area contributed by atoms with Crippen molar-refractivity contribution in [2.24, 2.45) is 11.7 Å². The van der Waals surface area contributed by atoms with Crippen LogP contribution >= 0.6 is 0 Å². The largest absolute Gasteiger partial charge is 0.384 e. The summed E-state index contributed by atoms with van der Waals surface area (Å²) in [4.78, 5) is 34.4. The first-order valence-electron chi connectivity index (χ1n) is 7.62. The Balaban J connectivity index is 2.23. The van der Waals surface area contributed by atoms with Gasteiger partial charge >= 0.3 is 0 Å². The number of hydrogen-bond donors (Lipinski definition) is 1. The van der Waals surface area contributed by atoms with Gasteiger partial charge in [0.05, 0.1) is 11.6 Å². The minimum atomic E-state index is -1.06. The van der Waals surface area contributed by atoms with Crippen LogP contribution in [0, 0.1) is 17.2 Å². The van der Waals surface area contributed by atoms with Gasteiger partial charge in [-0.1, -0.05) is 30.3 Å². The van der Waals surface area contributed by atoms with Crippen molar-refractivity contribution in [1.82, 2.24) is 9.97 Å². The highest BCUT2D eigenvalue weighted by Crippen LogP contribution is 2.40. The zero-order valence-electron chi connectivity index (χ0n) is 13.5. The maximum absolute atomic E-state index is 13.0. The number of rotatable bonds is 3. The van der Waals surface area contributed by atoms with Crippen LogP contribution < -0.4 is 10.6 Å². The first-order valence-corrected chi connectivity index (χ1v) is 7.62. The molecule has 3 rings (SSSR count). The van der Waals surface area contributed by atoms with Gasteiger partial charge in [-0.2, -0.15) is 5.26 Å². The van der Waals surface area contributed by atoms with Gasteiger partial charge < -0.3 is 5.73 Å². The molecule has 0 aliphatic carbocycles. The molecule has 0 saturated carbocycles. The number of benzene rings is 1. The lowest BCUT2D eigenvalue weighted by Crippen LogP contribution is -2.49. The van der Waals surface area contributed by atoms with E-state index in [0.29, 0.717) is 5.56 Å². The minimum absolute atomic E-state index is 0.0375. The molecule has 1 aliphatic heterocycles. The summed E-state index contributed by atoms with van der Waals surface area (Å²) in [5.41, 5.74) is 6.95. The number of amides is 1. The normalized spacial score (nSPS) is 20.3. The van der Waals surface area contributed by atoms with Crippen LogP contribution in [0.25, 0.3) is 0 Å². The molecule has 7 nitrogen and oxygen atoms in total. The summed E-state index contributed by atoms with van der Waals surface area (Å²) in [6.07, 6.45) is 2.92. The summed E-state index contributed by atoms with van der Waals surface area (Å²) in [5, 5.41) is 9.67. The molecule has 0 fully saturated rings. The fourth-order valence-electron chi connectivity index (χ4n) is 3.01. The topological polar surface area (TPSA) is 113 Å². The Morgan fingerprint density at radius 1 is 1.20 bits per heavy atom. The fraction of sp³-hybridized carbons (Fsp3) is 0.167. The number of aromatic nitrogens is 2. The molecule has 0 saturated heterocycles. The van der Waals surface area contributed by atoms with Crippen LogP contribution in [0.5, 0.6) is 0 Å². The van der Waals surface area contributed by atoms with Crippen LogP contribution in [0.1, 0.15) is 18.4 Å². The molecule has 2 N–H and O–H groups in total. The van der Waals surface area contributed by atoms with E-state index in [1.54, 1.807) is 30.3 Å². The van der Waals surface area contributed by atoms with Crippen LogP contribution in [0.15, 0.2) is 60.2 Å². The van der Waals surface area contributed by atoms with Gasteiger partial charge in [-0.25, -0.2) is 14.9 Å². The number of allylic oxidation sites excluding steroid dienone is 1. The molecule has 124 valence electrons. The predicted octanol–water partition coefficient (Wildman–Crippen LogP) is 1.51. The van der Waals surface area contributed by atoms with Gasteiger partial charge in [-0.05, 0) is 18.6 Å². The Bertz CT molecular complexity index is 887. The number of anilines is 1. The summed E-state index contributed by atoms with van der Waals surface area (Å²) < 4.78 is 0. The van der Waals surface area contributed by atoms with Gasteiger partial charge in [0.2, 0.25) is 11.9 Å². The Hall–Kier alpha value is -3.53. The highest BCUT2D eigenvalue weighted by Gasteiger charge is 2.46. The van der Waals surface area contributed by atoms with Crippen LogP contribution in [0.2, 0.25) is 0 Å². The van der Waals surface area contributed by atoms with Crippen molar-refractivity contribution in [2.45, 2.75) is 12.8 Å².